The van der Waals surface area contributed by atoms with E-state index in [0.717, 1.165) is 42.5 Å². The molecule has 0 bridgehead atoms. The van der Waals surface area contributed by atoms with E-state index in [-0.39, 0.29) is 35.8 Å². The van der Waals surface area contributed by atoms with Crippen LogP contribution in [0, 0.1) is 12.8 Å². The van der Waals surface area contributed by atoms with E-state index in [1.54, 1.807) is 7.11 Å². The predicted molar refractivity (Wildman–Crippen MR) is 140 cm³/mol. The quantitative estimate of drug-likeness (QED) is 0.250. The van der Waals surface area contributed by atoms with Crippen LogP contribution in [0.1, 0.15) is 37.5 Å². The molecule has 2 aromatic rings. The van der Waals surface area contributed by atoms with Gasteiger partial charge in [-0.05, 0) is 49.6 Å². The Balaban J connectivity index is 0.00000480. The molecule has 0 aliphatic heterocycles. The molecule has 0 saturated carbocycles. The number of methoxy groups -OCH3 is 1. The molecule has 0 radical (unpaired) electrons. The third-order valence-electron chi connectivity index (χ3n) is 4.63. The Labute approximate surface area is 203 Å². The third kappa shape index (κ3) is 9.16. The number of aryl methyl sites for hydroxylation is 1. The van der Waals surface area contributed by atoms with Gasteiger partial charge in [-0.3, -0.25) is 4.79 Å². The van der Waals surface area contributed by atoms with Gasteiger partial charge in [-0.15, -0.1) is 24.0 Å². The first-order valence-corrected chi connectivity index (χ1v) is 10.5. The van der Waals surface area contributed by atoms with Crippen molar-refractivity contribution in [2.75, 3.05) is 25.5 Å². The van der Waals surface area contributed by atoms with Gasteiger partial charge in [0.2, 0.25) is 5.91 Å². The van der Waals surface area contributed by atoms with Gasteiger partial charge in [-0.2, -0.15) is 0 Å². The lowest BCUT2D eigenvalue weighted by Crippen LogP contribution is -2.38. The van der Waals surface area contributed by atoms with Crippen LogP contribution in [0.2, 0.25) is 0 Å². The second kappa shape index (κ2) is 13.9. The number of benzene rings is 2. The highest BCUT2D eigenvalue weighted by molar-refractivity contribution is 14.0. The van der Waals surface area contributed by atoms with Crippen molar-refractivity contribution in [3.05, 3.63) is 59.2 Å². The molecule has 0 aromatic heterocycles. The van der Waals surface area contributed by atoms with E-state index in [1.165, 1.54) is 11.1 Å². The van der Waals surface area contributed by atoms with Gasteiger partial charge in [-0.1, -0.05) is 43.7 Å². The minimum Gasteiger partial charge on any atom is -0.496 e. The predicted octanol–water partition coefficient (Wildman–Crippen LogP) is 4.51. The molecule has 6 nitrogen and oxygen atoms in total. The van der Waals surface area contributed by atoms with Gasteiger partial charge in [0.05, 0.1) is 13.7 Å². The number of hydrogen-bond acceptors (Lipinski definition) is 3. The number of nitrogens with one attached hydrogen (secondary N) is 3. The fourth-order valence-corrected chi connectivity index (χ4v) is 2.91. The summed E-state index contributed by atoms with van der Waals surface area (Å²) in [4.78, 5) is 16.5. The number of guanidine groups is 1. The molecule has 0 aliphatic carbocycles. The third-order valence-corrected chi connectivity index (χ3v) is 4.63. The number of hydrogen-bond donors (Lipinski definition) is 3. The molecule has 0 unspecified atom stereocenters. The summed E-state index contributed by atoms with van der Waals surface area (Å²) in [5.41, 5.74) is 4.29. The number of carbonyl (C=O) groups excluding carboxylic acids is 1. The van der Waals surface area contributed by atoms with Gasteiger partial charge in [-0.25, -0.2) is 4.99 Å². The Hall–Kier alpha value is -2.29. The van der Waals surface area contributed by atoms with E-state index in [1.807, 2.05) is 51.1 Å². The normalized spacial score (nSPS) is 11.0. The first kappa shape index (κ1) is 26.7. The van der Waals surface area contributed by atoms with Crippen LogP contribution in [0.5, 0.6) is 5.75 Å². The molecule has 3 N–H and O–H groups in total. The Bertz CT molecular complexity index is 851. The van der Waals surface area contributed by atoms with Crippen molar-refractivity contribution in [3.63, 3.8) is 0 Å². The zero-order valence-corrected chi connectivity index (χ0v) is 21.4. The summed E-state index contributed by atoms with van der Waals surface area (Å²) < 4.78 is 5.46. The Morgan fingerprint density at radius 2 is 1.81 bits per heavy atom. The van der Waals surface area contributed by atoms with Crippen LogP contribution in [0.3, 0.4) is 0 Å². The molecule has 0 aliphatic rings. The van der Waals surface area contributed by atoms with Crippen LogP contribution < -0.4 is 20.7 Å². The van der Waals surface area contributed by atoms with Crippen molar-refractivity contribution in [2.45, 2.75) is 40.7 Å². The van der Waals surface area contributed by atoms with Gasteiger partial charge in [0.1, 0.15) is 5.75 Å². The number of amides is 1. The highest BCUT2D eigenvalue weighted by atomic mass is 127. The van der Waals surface area contributed by atoms with Gasteiger partial charge >= 0.3 is 0 Å². The summed E-state index contributed by atoms with van der Waals surface area (Å²) in [6.45, 7) is 9.99. The second-order valence-corrected chi connectivity index (χ2v) is 7.53. The van der Waals surface area contributed by atoms with Gasteiger partial charge in [0.15, 0.2) is 5.96 Å². The number of nitrogens with zero attached hydrogens (tertiary/aromatic N) is 1. The standard InChI is InChI=1S/C24H34N4O2.HI/c1-6-25-24(26-14-13-20-15-18(4)7-12-22(20)30-5)27-16-19-8-10-21(11-9-19)28-23(29)17(2)3;/h7-12,15,17H,6,13-14,16H2,1-5H3,(H,28,29)(H2,25,26,27);1H. The smallest absolute Gasteiger partial charge is 0.226 e. The molecular weight excluding hydrogens is 503 g/mol. The summed E-state index contributed by atoms with van der Waals surface area (Å²) in [6.07, 6.45) is 0.847. The van der Waals surface area contributed by atoms with E-state index in [4.69, 9.17) is 4.74 Å². The average molecular weight is 538 g/mol. The van der Waals surface area contributed by atoms with Gasteiger partial charge in [0, 0.05) is 24.7 Å². The second-order valence-electron chi connectivity index (χ2n) is 7.53. The Morgan fingerprint density at radius 3 is 2.42 bits per heavy atom. The molecule has 0 saturated heterocycles. The lowest BCUT2D eigenvalue weighted by molar-refractivity contribution is -0.118. The van der Waals surface area contributed by atoms with Crippen LogP contribution in [0.4, 0.5) is 5.69 Å². The van der Waals surface area contributed by atoms with E-state index in [9.17, 15) is 4.79 Å². The number of ether oxygens (including phenoxy) is 1. The monoisotopic (exact) mass is 538 g/mol. The molecule has 7 heteroatoms. The maximum atomic E-state index is 11.8. The molecule has 0 fully saturated rings. The summed E-state index contributed by atoms with van der Waals surface area (Å²) in [5, 5.41) is 9.57. The zero-order valence-electron chi connectivity index (χ0n) is 19.1. The number of halogens is 1. The van der Waals surface area contributed by atoms with Crippen molar-refractivity contribution in [2.24, 2.45) is 10.9 Å². The van der Waals surface area contributed by atoms with E-state index >= 15 is 0 Å². The van der Waals surface area contributed by atoms with Crippen LogP contribution >= 0.6 is 24.0 Å². The van der Waals surface area contributed by atoms with Gasteiger partial charge in [0.25, 0.3) is 0 Å². The highest BCUT2D eigenvalue weighted by Gasteiger charge is 2.07. The number of carbonyl (C=O) groups is 1. The molecule has 2 aromatic carbocycles. The maximum absolute atomic E-state index is 11.8. The van der Waals surface area contributed by atoms with Gasteiger partial charge < -0.3 is 20.7 Å². The van der Waals surface area contributed by atoms with E-state index < -0.39 is 0 Å². The minimum atomic E-state index is -0.0391. The Kier molecular flexibility index (Phi) is 12.0. The van der Waals surface area contributed by atoms with Crippen molar-refractivity contribution < 1.29 is 9.53 Å². The molecule has 31 heavy (non-hydrogen) atoms. The largest absolute Gasteiger partial charge is 0.496 e. The van der Waals surface area contributed by atoms with E-state index in [2.05, 4.69) is 40.0 Å². The molecule has 0 heterocycles. The fourth-order valence-electron chi connectivity index (χ4n) is 2.91. The SMILES string of the molecule is CCNC(=NCc1ccc(NC(=O)C(C)C)cc1)NCCc1cc(C)ccc1OC.I. The van der Waals surface area contributed by atoms with Crippen LogP contribution in [0.25, 0.3) is 0 Å². The van der Waals surface area contributed by atoms with Crippen LogP contribution in [-0.4, -0.2) is 32.1 Å². The van der Waals surface area contributed by atoms with Crippen molar-refractivity contribution in [1.29, 1.82) is 0 Å². The average Bonchev–Trinajstić information content (AvgIpc) is 2.73. The first-order valence-electron chi connectivity index (χ1n) is 10.5. The number of rotatable bonds is 9. The summed E-state index contributed by atoms with van der Waals surface area (Å²) in [7, 11) is 1.70. The molecule has 170 valence electrons. The number of anilines is 1. The van der Waals surface area contributed by atoms with Crippen molar-refractivity contribution in [3.8, 4) is 5.75 Å². The van der Waals surface area contributed by atoms with E-state index in [0.29, 0.717) is 6.54 Å². The molecule has 0 atom stereocenters. The lowest BCUT2D eigenvalue weighted by atomic mass is 10.1. The van der Waals surface area contributed by atoms with Crippen LogP contribution in [-0.2, 0) is 17.8 Å². The first-order chi connectivity index (χ1) is 14.4. The topological polar surface area (TPSA) is 74.8 Å². The fraction of sp³-hybridized carbons (Fsp3) is 0.417. The molecule has 1 amide bonds. The van der Waals surface area contributed by atoms with Crippen molar-refractivity contribution >= 4 is 41.5 Å². The highest BCUT2D eigenvalue weighted by Crippen LogP contribution is 2.19. The summed E-state index contributed by atoms with van der Waals surface area (Å²) >= 11 is 0. The molecule has 2 rings (SSSR count). The summed E-state index contributed by atoms with van der Waals surface area (Å²) in [5.74, 6) is 1.67. The molecular formula is C24H35IN4O2. The Morgan fingerprint density at radius 1 is 1.10 bits per heavy atom. The lowest BCUT2D eigenvalue weighted by Gasteiger charge is -2.13. The summed E-state index contributed by atoms with van der Waals surface area (Å²) in [6, 6.07) is 14.0. The molecule has 0 spiro atoms. The maximum Gasteiger partial charge on any atom is 0.226 e. The minimum absolute atomic E-state index is 0. The van der Waals surface area contributed by atoms with Crippen molar-refractivity contribution in [1.82, 2.24) is 10.6 Å². The number of aliphatic imine (C=N–C) groups is 1. The zero-order chi connectivity index (χ0) is 21.9. The van der Waals surface area contributed by atoms with Crippen LogP contribution in [0.15, 0.2) is 47.5 Å².